The molecule has 11 heteroatoms. The van der Waals surface area contributed by atoms with Gasteiger partial charge in [-0.3, -0.25) is 9.59 Å². The number of amides is 1. The monoisotopic (exact) mass is 646 g/mol. The molecule has 1 heterocycles. The Balaban J connectivity index is 1.59. The van der Waals surface area contributed by atoms with Crippen LogP contribution in [0, 0.1) is 13.8 Å². The number of anilines is 1. The molecule has 0 spiro atoms. The van der Waals surface area contributed by atoms with Gasteiger partial charge in [0.15, 0.2) is 18.1 Å². The van der Waals surface area contributed by atoms with Gasteiger partial charge in [-0.15, -0.1) is 0 Å². The van der Waals surface area contributed by atoms with E-state index in [-0.39, 0.29) is 28.8 Å². The van der Waals surface area contributed by atoms with Crippen LogP contribution in [0.2, 0.25) is 5.02 Å². The van der Waals surface area contributed by atoms with Crippen molar-refractivity contribution in [2.24, 2.45) is 5.10 Å². The highest BCUT2D eigenvalue weighted by Crippen LogP contribution is 2.42. The molecule has 4 aromatic rings. The zero-order valence-electron chi connectivity index (χ0n) is 20.0. The van der Waals surface area contributed by atoms with Crippen molar-refractivity contribution in [1.82, 2.24) is 9.66 Å². The lowest BCUT2D eigenvalue weighted by molar-refractivity contribution is -0.118. The van der Waals surface area contributed by atoms with Crippen molar-refractivity contribution in [2.45, 2.75) is 13.8 Å². The summed E-state index contributed by atoms with van der Waals surface area (Å²) in [5, 5.41) is 7.73. The highest BCUT2D eigenvalue weighted by Gasteiger charge is 2.18. The largest absolute Gasteiger partial charge is 0.493 e. The van der Waals surface area contributed by atoms with Crippen LogP contribution in [0.5, 0.6) is 11.5 Å². The summed E-state index contributed by atoms with van der Waals surface area (Å²) in [4.78, 5) is 29.9. The average molecular weight is 649 g/mol. The minimum Gasteiger partial charge on any atom is -0.493 e. The third-order valence-electron chi connectivity index (χ3n) is 5.34. The van der Waals surface area contributed by atoms with Gasteiger partial charge >= 0.3 is 0 Å². The molecule has 0 atom stereocenters. The fourth-order valence-corrected chi connectivity index (χ4v) is 4.49. The molecule has 1 aromatic heterocycles. The molecule has 37 heavy (non-hydrogen) atoms. The number of nitrogens with one attached hydrogen (secondary N) is 1. The van der Waals surface area contributed by atoms with E-state index in [1.807, 2.05) is 37.3 Å². The molecular weight excluding hydrogens is 628 g/mol. The van der Waals surface area contributed by atoms with Gasteiger partial charge in [-0.25, -0.2) is 4.98 Å². The third kappa shape index (κ3) is 6.03. The van der Waals surface area contributed by atoms with Crippen molar-refractivity contribution in [3.05, 3.63) is 89.8 Å². The summed E-state index contributed by atoms with van der Waals surface area (Å²) in [6.45, 7) is 3.38. The summed E-state index contributed by atoms with van der Waals surface area (Å²) in [5.74, 6) is 0.555. The van der Waals surface area contributed by atoms with E-state index < -0.39 is 0 Å². The quantitative estimate of drug-likeness (QED) is 0.245. The number of aryl methyl sites for hydroxylation is 2. The van der Waals surface area contributed by atoms with Gasteiger partial charge < -0.3 is 14.8 Å². The molecule has 0 aliphatic rings. The number of rotatable bonds is 7. The van der Waals surface area contributed by atoms with Gasteiger partial charge in [-0.05, 0) is 66.2 Å². The molecule has 0 aliphatic carbocycles. The lowest BCUT2D eigenvalue weighted by Crippen LogP contribution is -2.21. The fourth-order valence-electron chi connectivity index (χ4n) is 3.47. The molecule has 1 amide bonds. The van der Waals surface area contributed by atoms with Gasteiger partial charge in [-0.2, -0.15) is 9.78 Å². The molecule has 0 saturated heterocycles. The number of carbonyl (C=O) groups excluding carboxylic acids is 1. The van der Waals surface area contributed by atoms with Crippen molar-refractivity contribution >= 4 is 72.2 Å². The molecule has 0 aliphatic heterocycles. The fraction of sp³-hybridized carbons (Fsp3) is 0.154. The van der Waals surface area contributed by atoms with Crippen LogP contribution >= 0.6 is 43.5 Å². The summed E-state index contributed by atoms with van der Waals surface area (Å²) >= 11 is 13.4. The summed E-state index contributed by atoms with van der Waals surface area (Å²) < 4.78 is 13.6. The van der Waals surface area contributed by atoms with Crippen molar-refractivity contribution in [3.8, 4) is 11.5 Å². The van der Waals surface area contributed by atoms with E-state index in [9.17, 15) is 9.59 Å². The smallest absolute Gasteiger partial charge is 0.282 e. The molecule has 0 fully saturated rings. The van der Waals surface area contributed by atoms with E-state index in [0.29, 0.717) is 38.2 Å². The van der Waals surface area contributed by atoms with Crippen LogP contribution in [0.25, 0.3) is 10.9 Å². The number of carbonyl (C=O) groups is 1. The van der Waals surface area contributed by atoms with Crippen LogP contribution in [0.1, 0.15) is 17.0 Å². The molecule has 3 aromatic carbocycles. The molecule has 0 bridgehead atoms. The molecule has 8 nitrogen and oxygen atoms in total. The van der Waals surface area contributed by atoms with Gasteiger partial charge in [0, 0.05) is 20.2 Å². The van der Waals surface area contributed by atoms with Crippen molar-refractivity contribution in [3.63, 3.8) is 0 Å². The van der Waals surface area contributed by atoms with Crippen LogP contribution in [0.15, 0.2) is 67.4 Å². The topological polar surface area (TPSA) is 94.8 Å². The maximum atomic E-state index is 13.0. The number of hydrogen-bond donors (Lipinski definition) is 1. The van der Waals surface area contributed by atoms with E-state index >= 15 is 0 Å². The number of hydrogen-bond acceptors (Lipinski definition) is 6. The van der Waals surface area contributed by atoms with Gasteiger partial charge in [0.1, 0.15) is 10.8 Å². The van der Waals surface area contributed by atoms with Gasteiger partial charge in [0.25, 0.3) is 11.5 Å². The summed E-state index contributed by atoms with van der Waals surface area (Å²) in [5.41, 5.74) is 2.54. The minimum absolute atomic E-state index is 0.188. The zero-order valence-corrected chi connectivity index (χ0v) is 23.9. The summed E-state index contributed by atoms with van der Waals surface area (Å²) in [6.07, 6.45) is 1.46. The van der Waals surface area contributed by atoms with E-state index in [1.165, 1.54) is 18.0 Å². The van der Waals surface area contributed by atoms with Crippen molar-refractivity contribution in [1.29, 1.82) is 0 Å². The Morgan fingerprint density at radius 1 is 1.16 bits per heavy atom. The number of ether oxygens (including phenoxy) is 2. The molecule has 4 rings (SSSR count). The maximum Gasteiger partial charge on any atom is 0.282 e. The minimum atomic E-state index is -0.353. The lowest BCUT2D eigenvalue weighted by Gasteiger charge is -2.15. The molecule has 0 radical (unpaired) electrons. The standard InChI is InChI=1S/C26H21Br2ClN4O4/c1-14-4-7-18(8-5-14)32-22(34)13-37-25-21(36-3)10-16(23(28)24(25)29)12-30-33-15(2)31-20-9-6-17(27)11-19(20)26(33)35/h4-12H,13H2,1-3H3,(H,32,34). The Morgan fingerprint density at radius 3 is 2.59 bits per heavy atom. The first-order valence-electron chi connectivity index (χ1n) is 11.0. The summed E-state index contributed by atoms with van der Waals surface area (Å²) in [6, 6.07) is 14.3. The summed E-state index contributed by atoms with van der Waals surface area (Å²) in [7, 11) is 1.46. The second-order valence-electron chi connectivity index (χ2n) is 8.01. The van der Waals surface area contributed by atoms with E-state index in [1.54, 1.807) is 25.1 Å². The van der Waals surface area contributed by atoms with Crippen LogP contribution in [0.3, 0.4) is 0 Å². The zero-order chi connectivity index (χ0) is 26.7. The van der Waals surface area contributed by atoms with E-state index in [2.05, 4.69) is 47.3 Å². The van der Waals surface area contributed by atoms with Crippen LogP contribution in [0.4, 0.5) is 5.69 Å². The predicted molar refractivity (Wildman–Crippen MR) is 152 cm³/mol. The Hall–Kier alpha value is -3.21. The molecule has 1 N–H and O–H groups in total. The van der Waals surface area contributed by atoms with Crippen LogP contribution < -0.4 is 20.3 Å². The molecule has 0 saturated carbocycles. The van der Waals surface area contributed by atoms with Gasteiger partial charge in [-0.1, -0.05) is 45.2 Å². The molecule has 190 valence electrons. The number of aromatic nitrogens is 2. The average Bonchev–Trinajstić information content (AvgIpc) is 2.87. The molecule has 0 unspecified atom stereocenters. The maximum absolute atomic E-state index is 13.0. The first kappa shape index (κ1) is 26.8. The highest BCUT2D eigenvalue weighted by atomic mass is 79.9. The normalized spacial score (nSPS) is 11.2. The molecular formula is C26H21Br2ClN4O4. The predicted octanol–water partition coefficient (Wildman–Crippen LogP) is 6.10. The number of fused-ring (bicyclic) bond motifs is 1. The lowest BCUT2D eigenvalue weighted by atomic mass is 10.2. The van der Waals surface area contributed by atoms with E-state index in [0.717, 1.165) is 10.0 Å². The second kappa shape index (κ2) is 11.5. The van der Waals surface area contributed by atoms with Gasteiger partial charge in [0.05, 0.1) is 24.2 Å². The Labute approximate surface area is 234 Å². The van der Waals surface area contributed by atoms with Crippen LogP contribution in [-0.4, -0.2) is 35.5 Å². The Morgan fingerprint density at radius 2 is 1.89 bits per heavy atom. The number of benzene rings is 3. The van der Waals surface area contributed by atoms with Gasteiger partial charge in [0.2, 0.25) is 0 Å². The number of methoxy groups -OCH3 is 1. The first-order chi connectivity index (χ1) is 17.7. The van der Waals surface area contributed by atoms with Crippen molar-refractivity contribution < 1.29 is 14.3 Å². The van der Waals surface area contributed by atoms with E-state index in [4.69, 9.17) is 21.1 Å². The number of nitrogens with zero attached hydrogens (tertiary/aromatic N) is 3. The number of halogens is 3. The Bertz CT molecular complexity index is 1590. The highest BCUT2D eigenvalue weighted by molar-refractivity contribution is 9.10. The second-order valence-corrected chi connectivity index (χ2v) is 10.1. The first-order valence-corrected chi connectivity index (χ1v) is 12.9. The third-order valence-corrected chi connectivity index (χ3v) is 7.28. The SMILES string of the molecule is COc1cc(C=Nn2c(C)nc3ccc(Br)cc3c2=O)c(Br)c(Cl)c1OCC(=O)Nc1ccc(C)cc1. The van der Waals surface area contributed by atoms with Crippen LogP contribution in [-0.2, 0) is 4.79 Å². The Kier molecular flexibility index (Phi) is 8.31. The van der Waals surface area contributed by atoms with Crippen molar-refractivity contribution in [2.75, 3.05) is 19.0 Å².